The summed E-state index contributed by atoms with van der Waals surface area (Å²) in [6.07, 6.45) is 2.03. The van der Waals surface area contributed by atoms with E-state index in [-0.39, 0.29) is 11.9 Å². The molecule has 0 bridgehead atoms. The molecule has 17 heavy (non-hydrogen) atoms. The van der Waals surface area contributed by atoms with Crippen LogP contribution in [-0.4, -0.2) is 0 Å². The Kier molecular flexibility index (Phi) is 2.45. The van der Waals surface area contributed by atoms with E-state index in [4.69, 9.17) is 5.73 Å². The Balaban J connectivity index is 2.13. The highest BCUT2D eigenvalue weighted by molar-refractivity contribution is 5.69. The maximum Gasteiger partial charge on any atom is 0.123 e. The molecule has 0 aliphatic heterocycles. The maximum atomic E-state index is 12.9. The number of nitrogens with two attached hydrogens (primary N) is 1. The summed E-state index contributed by atoms with van der Waals surface area (Å²) in [4.78, 5) is 0. The van der Waals surface area contributed by atoms with Crippen molar-refractivity contribution in [3.63, 3.8) is 0 Å². The first-order valence-corrected chi connectivity index (χ1v) is 5.89. The Morgan fingerprint density at radius 2 is 1.82 bits per heavy atom. The third-order valence-corrected chi connectivity index (χ3v) is 3.47. The normalized spacial score (nSPS) is 18.1. The molecule has 0 aromatic heterocycles. The molecule has 0 fully saturated rings. The van der Waals surface area contributed by atoms with Crippen LogP contribution in [0.3, 0.4) is 0 Å². The summed E-state index contributed by atoms with van der Waals surface area (Å²) in [7, 11) is 0. The fraction of sp³-hybridized carbons (Fsp3) is 0.200. The lowest BCUT2D eigenvalue weighted by molar-refractivity contribution is 0.628. The van der Waals surface area contributed by atoms with Gasteiger partial charge in [-0.05, 0) is 47.2 Å². The van der Waals surface area contributed by atoms with Gasteiger partial charge in [-0.1, -0.05) is 30.3 Å². The van der Waals surface area contributed by atoms with Gasteiger partial charge in [-0.3, -0.25) is 0 Å². The van der Waals surface area contributed by atoms with Gasteiger partial charge in [-0.15, -0.1) is 0 Å². The Morgan fingerprint density at radius 3 is 2.59 bits per heavy atom. The summed E-state index contributed by atoms with van der Waals surface area (Å²) in [5.41, 5.74) is 10.9. The molecule has 2 N–H and O–H groups in total. The molecular formula is C15H14FN. The van der Waals surface area contributed by atoms with E-state index in [1.165, 1.54) is 28.8 Å². The largest absolute Gasteiger partial charge is 0.324 e. The zero-order valence-electron chi connectivity index (χ0n) is 9.49. The van der Waals surface area contributed by atoms with Crippen LogP contribution in [0, 0.1) is 5.82 Å². The molecule has 1 nitrogen and oxygen atoms in total. The highest BCUT2D eigenvalue weighted by Crippen LogP contribution is 2.36. The van der Waals surface area contributed by atoms with Crippen molar-refractivity contribution in [1.29, 1.82) is 0 Å². The summed E-state index contributed by atoms with van der Waals surface area (Å²) < 4.78 is 12.9. The van der Waals surface area contributed by atoms with Gasteiger partial charge in [-0.2, -0.15) is 0 Å². The van der Waals surface area contributed by atoms with Crippen molar-refractivity contribution in [2.24, 2.45) is 5.73 Å². The molecule has 1 aliphatic carbocycles. The average Bonchev–Trinajstić information content (AvgIpc) is 2.73. The summed E-state index contributed by atoms with van der Waals surface area (Å²) in [6, 6.07) is 13.0. The Labute approximate surface area is 100 Å². The first-order valence-electron chi connectivity index (χ1n) is 5.89. The fourth-order valence-corrected chi connectivity index (χ4v) is 2.59. The van der Waals surface area contributed by atoms with Crippen molar-refractivity contribution < 1.29 is 4.39 Å². The second-order valence-corrected chi connectivity index (χ2v) is 4.53. The monoisotopic (exact) mass is 227 g/mol. The van der Waals surface area contributed by atoms with Gasteiger partial charge in [0.05, 0.1) is 0 Å². The van der Waals surface area contributed by atoms with Gasteiger partial charge < -0.3 is 5.73 Å². The molecule has 0 spiro atoms. The van der Waals surface area contributed by atoms with E-state index >= 15 is 0 Å². The third-order valence-electron chi connectivity index (χ3n) is 3.47. The van der Waals surface area contributed by atoms with Gasteiger partial charge >= 0.3 is 0 Å². The lowest BCUT2D eigenvalue weighted by atomic mass is 9.96. The van der Waals surface area contributed by atoms with Crippen molar-refractivity contribution in [2.45, 2.75) is 18.9 Å². The molecule has 2 heteroatoms. The van der Waals surface area contributed by atoms with Crippen molar-refractivity contribution >= 4 is 0 Å². The second kappa shape index (κ2) is 3.97. The van der Waals surface area contributed by atoms with Crippen LogP contribution in [0.15, 0.2) is 42.5 Å². The number of benzene rings is 2. The highest BCUT2D eigenvalue weighted by Gasteiger charge is 2.21. The van der Waals surface area contributed by atoms with Gasteiger partial charge in [0.25, 0.3) is 0 Å². The van der Waals surface area contributed by atoms with Crippen molar-refractivity contribution in [3.8, 4) is 11.1 Å². The van der Waals surface area contributed by atoms with E-state index in [1.807, 2.05) is 18.2 Å². The van der Waals surface area contributed by atoms with Crippen LogP contribution in [0.4, 0.5) is 4.39 Å². The van der Waals surface area contributed by atoms with E-state index in [1.54, 1.807) is 0 Å². The Bertz CT molecular complexity index is 545. The topological polar surface area (TPSA) is 26.0 Å². The fourth-order valence-electron chi connectivity index (χ4n) is 2.59. The molecule has 0 heterocycles. The van der Waals surface area contributed by atoms with Crippen molar-refractivity contribution in [2.75, 3.05) is 0 Å². The van der Waals surface area contributed by atoms with Crippen LogP contribution in [0.5, 0.6) is 0 Å². The zero-order chi connectivity index (χ0) is 11.8. The number of halogens is 1. The summed E-state index contributed by atoms with van der Waals surface area (Å²) in [5.74, 6) is -0.196. The minimum Gasteiger partial charge on any atom is -0.324 e. The van der Waals surface area contributed by atoms with Gasteiger partial charge in [-0.25, -0.2) is 4.39 Å². The molecule has 2 aromatic rings. The molecule has 2 aromatic carbocycles. The third kappa shape index (κ3) is 1.75. The quantitative estimate of drug-likeness (QED) is 0.793. The Hall–Kier alpha value is -1.67. The SMILES string of the molecule is NC1CCc2c(-c3ccc(F)cc3)cccc21. The minimum atomic E-state index is -0.196. The molecule has 1 atom stereocenters. The molecule has 0 radical (unpaired) electrons. The van der Waals surface area contributed by atoms with Crippen LogP contribution in [-0.2, 0) is 6.42 Å². The molecule has 86 valence electrons. The van der Waals surface area contributed by atoms with E-state index in [0.29, 0.717) is 0 Å². The van der Waals surface area contributed by atoms with Crippen LogP contribution in [0.1, 0.15) is 23.6 Å². The van der Waals surface area contributed by atoms with Gasteiger partial charge in [0, 0.05) is 6.04 Å². The van der Waals surface area contributed by atoms with Crippen LogP contribution >= 0.6 is 0 Å². The smallest absolute Gasteiger partial charge is 0.123 e. The summed E-state index contributed by atoms with van der Waals surface area (Å²) in [5, 5.41) is 0. The first-order chi connectivity index (χ1) is 8.25. The lowest BCUT2D eigenvalue weighted by Gasteiger charge is -2.09. The van der Waals surface area contributed by atoms with Gasteiger partial charge in [0.15, 0.2) is 0 Å². The lowest BCUT2D eigenvalue weighted by Crippen LogP contribution is -2.04. The number of fused-ring (bicyclic) bond motifs is 1. The molecule has 0 saturated heterocycles. The van der Waals surface area contributed by atoms with Crippen LogP contribution in [0.25, 0.3) is 11.1 Å². The second-order valence-electron chi connectivity index (χ2n) is 4.53. The number of hydrogen-bond acceptors (Lipinski definition) is 1. The predicted molar refractivity (Wildman–Crippen MR) is 67.1 cm³/mol. The maximum absolute atomic E-state index is 12.9. The van der Waals surface area contributed by atoms with Gasteiger partial charge in [0.1, 0.15) is 5.82 Å². The zero-order valence-corrected chi connectivity index (χ0v) is 9.49. The van der Waals surface area contributed by atoms with E-state index < -0.39 is 0 Å². The molecular weight excluding hydrogens is 213 g/mol. The molecule has 1 unspecified atom stereocenters. The number of rotatable bonds is 1. The van der Waals surface area contributed by atoms with Gasteiger partial charge in [0.2, 0.25) is 0 Å². The summed E-state index contributed by atoms with van der Waals surface area (Å²) >= 11 is 0. The standard InChI is InChI=1S/C15H14FN/c16-11-6-4-10(5-7-11)12-2-1-3-14-13(12)8-9-15(14)17/h1-7,15H,8-9,17H2. The molecule has 1 aliphatic rings. The first kappa shape index (κ1) is 10.5. The van der Waals surface area contributed by atoms with Crippen molar-refractivity contribution in [1.82, 2.24) is 0 Å². The van der Waals surface area contributed by atoms with E-state index in [2.05, 4.69) is 12.1 Å². The van der Waals surface area contributed by atoms with Crippen molar-refractivity contribution in [3.05, 3.63) is 59.4 Å². The van der Waals surface area contributed by atoms with Crippen LogP contribution in [0.2, 0.25) is 0 Å². The average molecular weight is 227 g/mol. The molecule has 3 rings (SSSR count). The molecule has 0 saturated carbocycles. The highest BCUT2D eigenvalue weighted by atomic mass is 19.1. The minimum absolute atomic E-state index is 0.158. The Morgan fingerprint density at radius 1 is 1.06 bits per heavy atom. The predicted octanol–water partition coefficient (Wildman–Crippen LogP) is 3.44. The van der Waals surface area contributed by atoms with E-state index in [0.717, 1.165) is 18.4 Å². The van der Waals surface area contributed by atoms with Crippen LogP contribution < -0.4 is 5.73 Å². The number of hydrogen-bond donors (Lipinski definition) is 1. The summed E-state index contributed by atoms with van der Waals surface area (Å²) in [6.45, 7) is 0. The molecule has 0 amide bonds. The van der Waals surface area contributed by atoms with E-state index in [9.17, 15) is 4.39 Å².